The van der Waals surface area contributed by atoms with Crippen molar-refractivity contribution in [3.05, 3.63) is 29.3 Å². The fourth-order valence-electron chi connectivity index (χ4n) is 3.72. The minimum atomic E-state index is 0.00869. The molecule has 7 heteroatoms. The average Bonchev–Trinajstić information content (AvgIpc) is 2.68. The van der Waals surface area contributed by atoms with Gasteiger partial charge in [0, 0.05) is 61.9 Å². The maximum atomic E-state index is 12.6. The average molecular weight is 393 g/mol. The number of hydrogen-bond donors (Lipinski definition) is 1. The summed E-state index contributed by atoms with van der Waals surface area (Å²) < 4.78 is 0. The van der Waals surface area contributed by atoms with Gasteiger partial charge in [-0.15, -0.1) is 0 Å². The van der Waals surface area contributed by atoms with Crippen LogP contribution in [0.3, 0.4) is 0 Å². The Kier molecular flexibility index (Phi) is 6.47. The molecule has 1 N–H and O–H groups in total. The first kappa shape index (κ1) is 19.8. The lowest BCUT2D eigenvalue weighted by molar-refractivity contribution is -0.135. The molecular formula is C20H29ClN4O2. The molecule has 6 nitrogen and oxygen atoms in total. The summed E-state index contributed by atoms with van der Waals surface area (Å²) in [7, 11) is 0. The number of piperidine rings is 1. The van der Waals surface area contributed by atoms with Crippen molar-refractivity contribution in [3.8, 4) is 0 Å². The van der Waals surface area contributed by atoms with Gasteiger partial charge in [-0.1, -0.05) is 31.5 Å². The van der Waals surface area contributed by atoms with E-state index < -0.39 is 0 Å². The number of carbonyl (C=O) groups excluding carboxylic acids is 2. The van der Waals surface area contributed by atoms with Crippen molar-refractivity contribution in [2.45, 2.75) is 32.7 Å². The maximum Gasteiger partial charge on any atom is 0.317 e. The molecule has 0 radical (unpaired) electrons. The van der Waals surface area contributed by atoms with Crippen molar-refractivity contribution in [1.29, 1.82) is 0 Å². The van der Waals surface area contributed by atoms with E-state index in [0.717, 1.165) is 49.7 Å². The van der Waals surface area contributed by atoms with Crippen molar-refractivity contribution in [1.82, 2.24) is 15.1 Å². The van der Waals surface area contributed by atoms with Crippen LogP contribution in [0, 0.1) is 5.92 Å². The van der Waals surface area contributed by atoms with Crippen molar-refractivity contribution in [3.63, 3.8) is 0 Å². The number of amides is 3. The first-order valence-corrected chi connectivity index (χ1v) is 10.2. The molecule has 0 saturated carbocycles. The molecule has 27 heavy (non-hydrogen) atoms. The van der Waals surface area contributed by atoms with Gasteiger partial charge in [-0.05, 0) is 31.0 Å². The van der Waals surface area contributed by atoms with Crippen molar-refractivity contribution in [2.75, 3.05) is 44.2 Å². The van der Waals surface area contributed by atoms with Gasteiger partial charge in [0.15, 0.2) is 0 Å². The molecule has 148 valence electrons. The molecule has 3 rings (SSSR count). The largest absolute Gasteiger partial charge is 0.368 e. The summed E-state index contributed by atoms with van der Waals surface area (Å²) in [5.41, 5.74) is 1.10. The van der Waals surface area contributed by atoms with Crippen LogP contribution in [-0.4, -0.2) is 67.0 Å². The summed E-state index contributed by atoms with van der Waals surface area (Å²) in [6.45, 7) is 8.31. The molecular weight excluding hydrogens is 364 g/mol. The van der Waals surface area contributed by atoms with Gasteiger partial charge in [-0.2, -0.15) is 0 Å². The molecule has 0 atom stereocenters. The lowest BCUT2D eigenvalue weighted by atomic mass is 10.0. The van der Waals surface area contributed by atoms with E-state index in [2.05, 4.69) is 10.2 Å². The summed E-state index contributed by atoms with van der Waals surface area (Å²) in [5, 5.41) is 3.88. The van der Waals surface area contributed by atoms with Crippen LogP contribution in [0.5, 0.6) is 0 Å². The van der Waals surface area contributed by atoms with E-state index >= 15 is 0 Å². The Morgan fingerprint density at radius 2 is 1.70 bits per heavy atom. The highest BCUT2D eigenvalue weighted by atomic mass is 35.5. The number of likely N-dealkylation sites (tertiary alicyclic amines) is 1. The van der Waals surface area contributed by atoms with E-state index in [9.17, 15) is 9.59 Å². The zero-order chi connectivity index (χ0) is 19.4. The number of halogens is 1. The third-order valence-electron chi connectivity index (χ3n) is 5.37. The van der Waals surface area contributed by atoms with Crippen LogP contribution in [0.2, 0.25) is 5.02 Å². The van der Waals surface area contributed by atoms with Crippen molar-refractivity contribution in [2.24, 2.45) is 5.92 Å². The van der Waals surface area contributed by atoms with Crippen LogP contribution in [0.4, 0.5) is 10.5 Å². The highest BCUT2D eigenvalue weighted by Gasteiger charge is 2.27. The van der Waals surface area contributed by atoms with Gasteiger partial charge < -0.3 is 20.0 Å². The molecule has 2 aliphatic rings. The van der Waals surface area contributed by atoms with Gasteiger partial charge >= 0.3 is 6.03 Å². The zero-order valence-corrected chi connectivity index (χ0v) is 16.9. The smallest absolute Gasteiger partial charge is 0.317 e. The van der Waals surface area contributed by atoms with E-state index in [1.807, 2.05) is 47.9 Å². The Morgan fingerprint density at radius 1 is 1.04 bits per heavy atom. The van der Waals surface area contributed by atoms with Gasteiger partial charge in [0.05, 0.1) is 0 Å². The van der Waals surface area contributed by atoms with Crippen LogP contribution in [-0.2, 0) is 4.79 Å². The van der Waals surface area contributed by atoms with Crippen LogP contribution in [0.25, 0.3) is 0 Å². The van der Waals surface area contributed by atoms with E-state index in [-0.39, 0.29) is 23.9 Å². The summed E-state index contributed by atoms with van der Waals surface area (Å²) in [4.78, 5) is 30.7. The minimum absolute atomic E-state index is 0.00869. The summed E-state index contributed by atoms with van der Waals surface area (Å²) in [5.74, 6) is 0.240. The fraction of sp³-hybridized carbons (Fsp3) is 0.600. The fourth-order valence-corrected chi connectivity index (χ4v) is 3.90. The Labute approximate surface area is 166 Å². The molecule has 0 aromatic heterocycles. The number of anilines is 1. The Bertz CT molecular complexity index is 666. The topological polar surface area (TPSA) is 55.9 Å². The number of benzene rings is 1. The molecule has 2 fully saturated rings. The van der Waals surface area contributed by atoms with Crippen LogP contribution >= 0.6 is 11.6 Å². The van der Waals surface area contributed by atoms with Crippen molar-refractivity contribution >= 4 is 29.2 Å². The van der Waals surface area contributed by atoms with Gasteiger partial charge in [0.2, 0.25) is 5.91 Å². The second-order valence-electron chi connectivity index (χ2n) is 7.66. The Morgan fingerprint density at radius 3 is 2.30 bits per heavy atom. The van der Waals surface area contributed by atoms with Crippen molar-refractivity contribution < 1.29 is 9.59 Å². The predicted octanol–water partition coefficient (Wildman–Crippen LogP) is 2.82. The summed E-state index contributed by atoms with van der Waals surface area (Å²) in [6, 6.07) is 7.99. The predicted molar refractivity (Wildman–Crippen MR) is 108 cm³/mol. The second kappa shape index (κ2) is 8.83. The van der Waals surface area contributed by atoms with E-state index in [1.165, 1.54) is 0 Å². The minimum Gasteiger partial charge on any atom is -0.368 e. The molecule has 1 aromatic rings. The molecule has 2 heterocycles. The van der Waals surface area contributed by atoms with E-state index in [1.54, 1.807) is 0 Å². The SMILES string of the molecule is CC(C)C(=O)N1CCC(NC(=O)N2CCN(c3cccc(Cl)c3)CC2)CC1. The number of rotatable bonds is 3. The van der Waals surface area contributed by atoms with Gasteiger partial charge in [-0.25, -0.2) is 4.79 Å². The van der Waals surface area contributed by atoms with Crippen LogP contribution in [0.15, 0.2) is 24.3 Å². The van der Waals surface area contributed by atoms with Gasteiger partial charge in [0.25, 0.3) is 0 Å². The maximum absolute atomic E-state index is 12.6. The monoisotopic (exact) mass is 392 g/mol. The number of nitrogens with one attached hydrogen (secondary N) is 1. The Hall–Kier alpha value is -1.95. The molecule has 2 aliphatic heterocycles. The standard InChI is InChI=1S/C20H29ClN4O2/c1-15(2)19(26)24-8-6-17(7-9-24)22-20(27)25-12-10-23(11-13-25)18-5-3-4-16(21)14-18/h3-5,14-15,17H,6-13H2,1-2H3,(H,22,27). The molecule has 0 aliphatic carbocycles. The Balaban J connectivity index is 1.43. The van der Waals surface area contributed by atoms with Gasteiger partial charge in [0.1, 0.15) is 0 Å². The quantitative estimate of drug-likeness (QED) is 0.860. The molecule has 3 amide bonds. The normalized spacial score (nSPS) is 18.7. The first-order valence-electron chi connectivity index (χ1n) is 9.79. The highest BCUT2D eigenvalue weighted by Crippen LogP contribution is 2.21. The van der Waals surface area contributed by atoms with Gasteiger partial charge in [-0.3, -0.25) is 4.79 Å². The summed E-state index contributed by atoms with van der Waals surface area (Å²) in [6.07, 6.45) is 1.65. The lowest BCUT2D eigenvalue weighted by Crippen LogP contribution is -2.55. The number of hydrogen-bond acceptors (Lipinski definition) is 3. The summed E-state index contributed by atoms with van der Waals surface area (Å²) >= 11 is 6.07. The highest BCUT2D eigenvalue weighted by molar-refractivity contribution is 6.30. The second-order valence-corrected chi connectivity index (χ2v) is 8.09. The zero-order valence-electron chi connectivity index (χ0n) is 16.2. The third-order valence-corrected chi connectivity index (χ3v) is 5.60. The van der Waals surface area contributed by atoms with Crippen LogP contribution < -0.4 is 10.2 Å². The third kappa shape index (κ3) is 5.06. The number of piperazine rings is 1. The lowest BCUT2D eigenvalue weighted by Gasteiger charge is -2.38. The first-order chi connectivity index (χ1) is 12.9. The van der Waals surface area contributed by atoms with Crippen LogP contribution in [0.1, 0.15) is 26.7 Å². The molecule has 1 aromatic carbocycles. The molecule has 2 saturated heterocycles. The van der Waals surface area contributed by atoms with E-state index in [4.69, 9.17) is 11.6 Å². The number of carbonyl (C=O) groups is 2. The molecule has 0 bridgehead atoms. The van der Waals surface area contributed by atoms with E-state index in [0.29, 0.717) is 13.1 Å². The molecule has 0 unspecified atom stereocenters. The number of nitrogens with zero attached hydrogens (tertiary/aromatic N) is 3. The molecule has 0 spiro atoms. The number of urea groups is 1.